The summed E-state index contributed by atoms with van der Waals surface area (Å²) in [5.41, 5.74) is 4.19. The van der Waals surface area contributed by atoms with Crippen molar-refractivity contribution in [1.29, 1.82) is 0 Å². The minimum absolute atomic E-state index is 0.195. The van der Waals surface area contributed by atoms with Gasteiger partial charge in [-0.05, 0) is 54.1 Å². The van der Waals surface area contributed by atoms with Crippen molar-refractivity contribution in [2.45, 2.75) is 0 Å². The number of amides is 2. The van der Waals surface area contributed by atoms with Gasteiger partial charge in [0.1, 0.15) is 4.88 Å². The molecule has 0 radical (unpaired) electrons. The molecule has 0 saturated carbocycles. The Bertz CT molecular complexity index is 1400. The summed E-state index contributed by atoms with van der Waals surface area (Å²) in [6.07, 6.45) is 1.52. The number of ether oxygens (including phenoxy) is 2. The van der Waals surface area contributed by atoms with E-state index in [4.69, 9.17) is 21.1 Å². The topological polar surface area (TPSA) is 89.0 Å². The van der Waals surface area contributed by atoms with Gasteiger partial charge in [-0.25, -0.2) is 5.43 Å². The number of nitrogens with one attached hydrogen (secondary N) is 2. The molecular formula is C24H16ClN3O4S. The minimum atomic E-state index is -0.377. The number of fused-ring (bicyclic) bond motifs is 2. The summed E-state index contributed by atoms with van der Waals surface area (Å²) in [4.78, 5) is 25.5. The summed E-state index contributed by atoms with van der Waals surface area (Å²) in [5, 5.41) is 8.08. The Hall–Kier alpha value is -3.88. The fourth-order valence-electron chi connectivity index (χ4n) is 3.28. The molecule has 0 saturated heterocycles. The number of benzene rings is 3. The molecule has 0 fully saturated rings. The maximum absolute atomic E-state index is 12.7. The number of carbonyl (C=O) groups excluding carboxylic acids is 2. The second kappa shape index (κ2) is 8.93. The Morgan fingerprint density at radius 3 is 2.58 bits per heavy atom. The van der Waals surface area contributed by atoms with E-state index in [2.05, 4.69) is 15.8 Å². The third-order valence-electron chi connectivity index (χ3n) is 4.92. The van der Waals surface area contributed by atoms with Crippen LogP contribution in [0.25, 0.3) is 10.1 Å². The Balaban J connectivity index is 1.21. The van der Waals surface area contributed by atoms with Gasteiger partial charge < -0.3 is 14.8 Å². The van der Waals surface area contributed by atoms with Gasteiger partial charge in [-0.1, -0.05) is 29.8 Å². The molecule has 0 spiro atoms. The maximum Gasteiger partial charge on any atom is 0.271 e. The highest BCUT2D eigenvalue weighted by atomic mass is 35.5. The number of rotatable bonds is 5. The monoisotopic (exact) mass is 477 g/mol. The van der Waals surface area contributed by atoms with Crippen LogP contribution in [0.5, 0.6) is 11.5 Å². The summed E-state index contributed by atoms with van der Waals surface area (Å²) in [6.45, 7) is 0.195. The molecule has 4 aromatic rings. The van der Waals surface area contributed by atoms with Gasteiger partial charge in [0.15, 0.2) is 11.5 Å². The summed E-state index contributed by atoms with van der Waals surface area (Å²) in [7, 11) is 0. The number of hydrazone groups is 1. The summed E-state index contributed by atoms with van der Waals surface area (Å²) in [5.74, 6) is 0.641. The van der Waals surface area contributed by atoms with Crippen LogP contribution in [-0.2, 0) is 0 Å². The zero-order valence-corrected chi connectivity index (χ0v) is 18.6. The molecule has 1 aliphatic rings. The first-order valence-electron chi connectivity index (χ1n) is 9.90. The molecule has 7 nitrogen and oxygen atoms in total. The molecule has 2 amide bonds. The molecule has 164 valence electrons. The number of anilines is 1. The summed E-state index contributed by atoms with van der Waals surface area (Å²) in [6, 6.07) is 19.5. The van der Waals surface area contributed by atoms with E-state index >= 15 is 0 Å². The van der Waals surface area contributed by atoms with Crippen LogP contribution >= 0.6 is 22.9 Å². The van der Waals surface area contributed by atoms with E-state index in [9.17, 15) is 9.59 Å². The van der Waals surface area contributed by atoms with Crippen LogP contribution in [0.3, 0.4) is 0 Å². The zero-order chi connectivity index (χ0) is 22.8. The van der Waals surface area contributed by atoms with Crippen LogP contribution in [0.1, 0.15) is 25.6 Å². The van der Waals surface area contributed by atoms with Crippen molar-refractivity contribution < 1.29 is 19.1 Å². The van der Waals surface area contributed by atoms with Crippen LogP contribution in [0.2, 0.25) is 5.02 Å². The molecule has 2 N–H and O–H groups in total. The van der Waals surface area contributed by atoms with Gasteiger partial charge in [-0.15, -0.1) is 11.3 Å². The molecule has 3 aromatic carbocycles. The fraction of sp³-hybridized carbons (Fsp3) is 0.0417. The second-order valence-corrected chi connectivity index (χ2v) is 8.51. The van der Waals surface area contributed by atoms with Crippen LogP contribution in [0.15, 0.2) is 71.8 Å². The van der Waals surface area contributed by atoms with Crippen LogP contribution in [-0.4, -0.2) is 24.8 Å². The van der Waals surface area contributed by atoms with Crippen LogP contribution in [0.4, 0.5) is 5.69 Å². The van der Waals surface area contributed by atoms with Gasteiger partial charge in [0, 0.05) is 21.3 Å². The van der Waals surface area contributed by atoms with Crippen molar-refractivity contribution in [3.8, 4) is 11.5 Å². The molecule has 0 atom stereocenters. The van der Waals surface area contributed by atoms with Crippen molar-refractivity contribution in [2.75, 3.05) is 12.1 Å². The van der Waals surface area contributed by atoms with E-state index in [0.29, 0.717) is 32.6 Å². The third-order valence-corrected chi connectivity index (χ3v) is 6.60. The lowest BCUT2D eigenvalue weighted by Crippen LogP contribution is -2.17. The van der Waals surface area contributed by atoms with Crippen molar-refractivity contribution >= 4 is 56.7 Å². The number of nitrogens with zero attached hydrogens (tertiary/aromatic N) is 1. The highest BCUT2D eigenvalue weighted by Gasteiger charge is 2.17. The zero-order valence-electron chi connectivity index (χ0n) is 17.0. The number of hydrogen-bond acceptors (Lipinski definition) is 6. The SMILES string of the molecule is O=C(N/N=C\c1ccc2c(c1)OCO2)c1ccc(NC(=O)c2sc3ccccc3c2Cl)cc1. The smallest absolute Gasteiger partial charge is 0.271 e. The summed E-state index contributed by atoms with van der Waals surface area (Å²) >= 11 is 7.71. The van der Waals surface area contributed by atoms with E-state index in [0.717, 1.165) is 15.6 Å². The Labute approximate surface area is 197 Å². The van der Waals surface area contributed by atoms with Gasteiger partial charge >= 0.3 is 0 Å². The number of thiophene rings is 1. The van der Waals surface area contributed by atoms with Crippen molar-refractivity contribution in [2.24, 2.45) is 5.10 Å². The first kappa shape index (κ1) is 21.0. The quantitative estimate of drug-likeness (QED) is 0.301. The Morgan fingerprint density at radius 1 is 0.970 bits per heavy atom. The molecule has 0 bridgehead atoms. The van der Waals surface area contributed by atoms with Crippen LogP contribution in [0, 0.1) is 0 Å². The minimum Gasteiger partial charge on any atom is -0.454 e. The van der Waals surface area contributed by atoms with Gasteiger partial charge in [0.2, 0.25) is 6.79 Å². The highest BCUT2D eigenvalue weighted by molar-refractivity contribution is 7.21. The molecule has 1 aromatic heterocycles. The van der Waals surface area contributed by atoms with E-state index in [1.807, 2.05) is 30.3 Å². The molecule has 5 rings (SSSR count). The molecule has 33 heavy (non-hydrogen) atoms. The molecule has 0 unspecified atom stereocenters. The molecule has 2 heterocycles. The first-order chi connectivity index (χ1) is 16.1. The first-order valence-corrected chi connectivity index (χ1v) is 11.1. The second-order valence-electron chi connectivity index (χ2n) is 7.08. The lowest BCUT2D eigenvalue weighted by Gasteiger charge is -2.05. The normalized spacial score (nSPS) is 12.3. The molecular weight excluding hydrogens is 462 g/mol. The van der Waals surface area contributed by atoms with E-state index in [1.54, 1.807) is 36.4 Å². The summed E-state index contributed by atoms with van der Waals surface area (Å²) < 4.78 is 11.5. The average Bonchev–Trinajstić information content (AvgIpc) is 3.44. The van der Waals surface area contributed by atoms with Crippen LogP contribution < -0.4 is 20.2 Å². The highest BCUT2D eigenvalue weighted by Crippen LogP contribution is 2.35. The van der Waals surface area contributed by atoms with Gasteiger partial charge in [0.05, 0.1) is 11.2 Å². The predicted molar refractivity (Wildman–Crippen MR) is 129 cm³/mol. The fourth-order valence-corrected chi connectivity index (χ4v) is 4.69. The Kier molecular flexibility index (Phi) is 5.68. The molecule has 1 aliphatic heterocycles. The number of hydrogen-bond donors (Lipinski definition) is 2. The van der Waals surface area contributed by atoms with E-state index in [-0.39, 0.29) is 18.6 Å². The Morgan fingerprint density at radius 2 is 1.76 bits per heavy atom. The van der Waals surface area contributed by atoms with E-state index < -0.39 is 0 Å². The van der Waals surface area contributed by atoms with Gasteiger partial charge in [-0.2, -0.15) is 5.10 Å². The van der Waals surface area contributed by atoms with Gasteiger partial charge in [-0.3, -0.25) is 9.59 Å². The third kappa shape index (κ3) is 4.39. The molecule has 9 heteroatoms. The van der Waals surface area contributed by atoms with E-state index in [1.165, 1.54) is 17.6 Å². The predicted octanol–water partition coefficient (Wildman–Crippen LogP) is 5.30. The van der Waals surface area contributed by atoms with Gasteiger partial charge in [0.25, 0.3) is 11.8 Å². The maximum atomic E-state index is 12.7. The lowest BCUT2D eigenvalue weighted by molar-refractivity contribution is 0.0954. The lowest BCUT2D eigenvalue weighted by atomic mass is 10.2. The number of carbonyl (C=O) groups is 2. The van der Waals surface area contributed by atoms with Crippen molar-refractivity contribution in [1.82, 2.24) is 5.43 Å². The van der Waals surface area contributed by atoms with Crippen molar-refractivity contribution in [3.05, 3.63) is 87.8 Å². The largest absolute Gasteiger partial charge is 0.454 e. The standard InChI is InChI=1S/C24H16ClN3O4S/c25-21-17-3-1-2-4-20(17)33-22(21)24(30)27-16-8-6-15(7-9-16)23(29)28-26-12-14-5-10-18-19(11-14)32-13-31-18/h1-12H,13H2,(H,27,30)(H,28,29)/b26-12-. The number of halogens is 1. The van der Waals surface area contributed by atoms with Crippen molar-refractivity contribution in [3.63, 3.8) is 0 Å². The average molecular weight is 478 g/mol. The molecule has 0 aliphatic carbocycles.